The summed E-state index contributed by atoms with van der Waals surface area (Å²) in [6, 6.07) is 4.01. The van der Waals surface area contributed by atoms with Crippen LogP contribution < -0.4 is 0 Å². The summed E-state index contributed by atoms with van der Waals surface area (Å²) in [5, 5.41) is 0. The van der Waals surface area contributed by atoms with Gasteiger partial charge in [-0.1, -0.05) is 0 Å². The van der Waals surface area contributed by atoms with Gasteiger partial charge < -0.3 is 4.98 Å². The van der Waals surface area contributed by atoms with E-state index >= 15 is 0 Å². The molecule has 0 saturated heterocycles. The maximum Gasteiger partial charge on any atom is 0.0115 e. The van der Waals surface area contributed by atoms with Crippen molar-refractivity contribution in [3.63, 3.8) is 0 Å². The standard InChI is InChI=1S/C5H7N.Fe/c1-5-3-2-4-6-5;/h2-4,6H,1H3;. The van der Waals surface area contributed by atoms with E-state index in [2.05, 4.69) is 4.98 Å². The van der Waals surface area contributed by atoms with Gasteiger partial charge in [-0.15, -0.1) is 0 Å². The van der Waals surface area contributed by atoms with Gasteiger partial charge in [-0.3, -0.25) is 0 Å². The second kappa shape index (κ2) is 2.89. The molecule has 0 aliphatic carbocycles. The summed E-state index contributed by atoms with van der Waals surface area (Å²) in [5.74, 6) is 0. The van der Waals surface area contributed by atoms with Gasteiger partial charge in [0.1, 0.15) is 0 Å². The van der Waals surface area contributed by atoms with Gasteiger partial charge in [0, 0.05) is 29.0 Å². The van der Waals surface area contributed by atoms with Crippen LogP contribution in [0.15, 0.2) is 18.3 Å². The summed E-state index contributed by atoms with van der Waals surface area (Å²) >= 11 is 0. The molecule has 0 amide bonds. The molecule has 0 unspecified atom stereocenters. The Bertz CT molecular complexity index is 112. The molecular weight excluding hydrogens is 130 g/mol. The molecule has 0 saturated carbocycles. The molecule has 0 aliphatic rings. The smallest absolute Gasteiger partial charge is 0.0115 e. The molecule has 0 atom stereocenters. The summed E-state index contributed by atoms with van der Waals surface area (Å²) in [6.45, 7) is 2.03. The topological polar surface area (TPSA) is 15.8 Å². The van der Waals surface area contributed by atoms with Crippen molar-refractivity contribution in [2.75, 3.05) is 0 Å². The summed E-state index contributed by atoms with van der Waals surface area (Å²) in [4.78, 5) is 3.00. The Morgan fingerprint density at radius 2 is 2.29 bits per heavy atom. The van der Waals surface area contributed by atoms with Gasteiger partial charge in [0.2, 0.25) is 0 Å². The van der Waals surface area contributed by atoms with Crippen molar-refractivity contribution in [2.24, 2.45) is 0 Å². The van der Waals surface area contributed by atoms with Crippen molar-refractivity contribution in [3.05, 3.63) is 24.0 Å². The Morgan fingerprint density at radius 1 is 1.57 bits per heavy atom. The SMILES string of the molecule is Cc1ccc[nH]1.[Fe]. The fourth-order valence-corrected chi connectivity index (χ4v) is 0.420. The second-order valence-electron chi connectivity index (χ2n) is 1.35. The van der Waals surface area contributed by atoms with Crippen molar-refractivity contribution in [1.82, 2.24) is 4.98 Å². The average molecular weight is 137 g/mol. The molecule has 7 heavy (non-hydrogen) atoms. The van der Waals surface area contributed by atoms with E-state index in [0.29, 0.717) is 0 Å². The summed E-state index contributed by atoms with van der Waals surface area (Å²) in [6.07, 6.45) is 1.91. The first-order valence-corrected chi connectivity index (χ1v) is 1.99. The van der Waals surface area contributed by atoms with Gasteiger partial charge >= 0.3 is 0 Å². The van der Waals surface area contributed by atoms with Crippen molar-refractivity contribution in [2.45, 2.75) is 6.92 Å². The molecule has 0 spiro atoms. The minimum Gasteiger partial charge on any atom is -0.365 e. The molecule has 0 aliphatic heterocycles. The molecule has 2 heteroatoms. The summed E-state index contributed by atoms with van der Waals surface area (Å²) in [7, 11) is 0. The molecule has 1 rings (SSSR count). The summed E-state index contributed by atoms with van der Waals surface area (Å²) in [5.41, 5.74) is 1.22. The van der Waals surface area contributed by atoms with E-state index in [1.807, 2.05) is 25.3 Å². The van der Waals surface area contributed by atoms with Crippen molar-refractivity contribution in [3.8, 4) is 0 Å². The van der Waals surface area contributed by atoms with Gasteiger partial charge in [0.05, 0.1) is 0 Å². The number of hydrogen-bond donors (Lipinski definition) is 1. The monoisotopic (exact) mass is 137 g/mol. The van der Waals surface area contributed by atoms with Crippen LogP contribution in [0.3, 0.4) is 0 Å². The average Bonchev–Trinajstić information content (AvgIpc) is 1.86. The predicted octanol–water partition coefficient (Wildman–Crippen LogP) is 1.32. The number of aromatic amines is 1. The fraction of sp³-hybridized carbons (Fsp3) is 0.200. The largest absolute Gasteiger partial charge is 0.365 e. The van der Waals surface area contributed by atoms with Crippen LogP contribution in [0.5, 0.6) is 0 Å². The number of aromatic nitrogens is 1. The van der Waals surface area contributed by atoms with E-state index in [0.717, 1.165) is 0 Å². The zero-order valence-corrected chi connectivity index (χ0v) is 5.19. The van der Waals surface area contributed by atoms with E-state index in [9.17, 15) is 0 Å². The Balaban J connectivity index is 0.000000360. The van der Waals surface area contributed by atoms with Crippen molar-refractivity contribution < 1.29 is 17.1 Å². The normalized spacial score (nSPS) is 7.57. The quantitative estimate of drug-likeness (QED) is 0.519. The molecule has 0 aromatic carbocycles. The van der Waals surface area contributed by atoms with E-state index in [1.54, 1.807) is 0 Å². The van der Waals surface area contributed by atoms with Crippen LogP contribution in [0.1, 0.15) is 5.69 Å². The number of rotatable bonds is 0. The minimum absolute atomic E-state index is 0. The van der Waals surface area contributed by atoms with Gasteiger partial charge in [0.25, 0.3) is 0 Å². The zero-order chi connectivity index (χ0) is 4.41. The molecule has 1 aromatic rings. The zero-order valence-electron chi connectivity index (χ0n) is 4.09. The van der Waals surface area contributed by atoms with Crippen LogP contribution in [0.4, 0.5) is 0 Å². The predicted molar refractivity (Wildman–Crippen MR) is 25.5 cm³/mol. The first-order valence-electron chi connectivity index (χ1n) is 1.99. The molecule has 0 radical (unpaired) electrons. The number of hydrogen-bond acceptors (Lipinski definition) is 0. The van der Waals surface area contributed by atoms with E-state index in [-0.39, 0.29) is 17.1 Å². The number of aryl methyl sites for hydroxylation is 1. The van der Waals surface area contributed by atoms with Gasteiger partial charge in [-0.2, -0.15) is 0 Å². The van der Waals surface area contributed by atoms with E-state index < -0.39 is 0 Å². The molecule has 40 valence electrons. The Hall–Kier alpha value is -0.201. The van der Waals surface area contributed by atoms with Crippen LogP contribution in [-0.2, 0) is 17.1 Å². The molecular formula is C5H7FeN. The number of H-pyrrole nitrogens is 1. The Labute approximate surface area is 53.6 Å². The first-order chi connectivity index (χ1) is 2.89. The molecule has 1 aromatic heterocycles. The van der Waals surface area contributed by atoms with E-state index in [4.69, 9.17) is 0 Å². The third-order valence-electron chi connectivity index (χ3n) is 0.753. The minimum atomic E-state index is 0. The van der Waals surface area contributed by atoms with Crippen LogP contribution in [0, 0.1) is 6.92 Å². The van der Waals surface area contributed by atoms with Gasteiger partial charge in [-0.25, -0.2) is 0 Å². The second-order valence-corrected chi connectivity index (χ2v) is 1.35. The van der Waals surface area contributed by atoms with Crippen molar-refractivity contribution >= 4 is 0 Å². The van der Waals surface area contributed by atoms with E-state index in [1.165, 1.54) is 5.69 Å². The fourth-order valence-electron chi connectivity index (χ4n) is 0.420. The molecule has 1 heterocycles. The van der Waals surface area contributed by atoms with Crippen LogP contribution >= 0.6 is 0 Å². The Morgan fingerprint density at radius 3 is 2.43 bits per heavy atom. The summed E-state index contributed by atoms with van der Waals surface area (Å²) < 4.78 is 0. The molecule has 0 bridgehead atoms. The van der Waals surface area contributed by atoms with Crippen LogP contribution in [0.2, 0.25) is 0 Å². The van der Waals surface area contributed by atoms with Crippen molar-refractivity contribution in [1.29, 1.82) is 0 Å². The van der Waals surface area contributed by atoms with Gasteiger partial charge in [-0.05, 0) is 19.1 Å². The third-order valence-corrected chi connectivity index (χ3v) is 0.753. The Kier molecular flexibility index (Phi) is 2.81. The maximum atomic E-state index is 3.00. The third kappa shape index (κ3) is 1.81. The van der Waals surface area contributed by atoms with Crippen LogP contribution in [0.25, 0.3) is 0 Å². The maximum absolute atomic E-state index is 3.00. The number of nitrogens with one attached hydrogen (secondary N) is 1. The van der Waals surface area contributed by atoms with Gasteiger partial charge in [0.15, 0.2) is 0 Å². The van der Waals surface area contributed by atoms with Crippen LogP contribution in [-0.4, -0.2) is 4.98 Å². The molecule has 0 fully saturated rings. The molecule has 1 N–H and O–H groups in total. The molecule has 1 nitrogen and oxygen atoms in total. The first kappa shape index (κ1) is 6.80.